The van der Waals surface area contributed by atoms with E-state index in [1.165, 1.54) is 0 Å². The molecule has 1 fully saturated rings. The molecular formula is C17H24N4O2. The summed E-state index contributed by atoms with van der Waals surface area (Å²) in [7, 11) is 0. The summed E-state index contributed by atoms with van der Waals surface area (Å²) >= 11 is 0. The topological polar surface area (TPSA) is 78.2 Å². The molecule has 124 valence electrons. The maximum atomic E-state index is 11.9. The van der Waals surface area contributed by atoms with Gasteiger partial charge in [0.2, 0.25) is 0 Å². The van der Waals surface area contributed by atoms with Crippen molar-refractivity contribution in [1.82, 2.24) is 10.0 Å². The predicted molar refractivity (Wildman–Crippen MR) is 87.3 cm³/mol. The minimum absolute atomic E-state index is 0.184. The summed E-state index contributed by atoms with van der Waals surface area (Å²) in [6.07, 6.45) is 3.51. The van der Waals surface area contributed by atoms with Crippen LogP contribution in [0, 0.1) is 22.7 Å². The molecule has 1 saturated heterocycles. The zero-order chi connectivity index (χ0) is 16.9. The Morgan fingerprint density at radius 1 is 1.43 bits per heavy atom. The fraction of sp³-hybridized carbons (Fsp3) is 0.588. The van der Waals surface area contributed by atoms with E-state index < -0.39 is 5.41 Å². The van der Waals surface area contributed by atoms with Crippen molar-refractivity contribution in [2.75, 3.05) is 25.0 Å². The normalized spacial score (nSPS) is 16.6. The molecule has 0 bridgehead atoms. The van der Waals surface area contributed by atoms with Crippen LogP contribution in [0.1, 0.15) is 39.2 Å². The smallest absolute Gasteiger partial charge is 0.330 e. The number of hydrogen-bond donors (Lipinski definition) is 1. The fourth-order valence-electron chi connectivity index (χ4n) is 2.27. The summed E-state index contributed by atoms with van der Waals surface area (Å²) in [5.41, 5.74) is 0.0872. The molecule has 0 spiro atoms. The number of carbonyl (C=O) groups excluding carboxylic acids is 1. The number of carbonyl (C=O) groups is 1. The molecule has 0 atom stereocenters. The number of nitrogens with zero attached hydrogens (tertiary/aromatic N) is 3. The van der Waals surface area contributed by atoms with E-state index in [2.05, 4.69) is 16.4 Å². The standard InChI is InChI=1S/C17H24N4O2/c1-17(2,3)16(22)23-21-8-6-13(7-9-21)11-19-15-5-4-14(10-18)12-20-15/h4-5,12-13H,6-9,11H2,1-3H3,(H,19,20). The summed E-state index contributed by atoms with van der Waals surface area (Å²) in [5, 5.41) is 13.8. The minimum Gasteiger partial charge on any atom is -0.370 e. The van der Waals surface area contributed by atoms with Crippen molar-refractivity contribution in [3.8, 4) is 6.07 Å². The Kier molecular flexibility index (Phi) is 5.56. The van der Waals surface area contributed by atoms with Crippen molar-refractivity contribution in [2.24, 2.45) is 11.3 Å². The molecule has 0 saturated carbocycles. The van der Waals surface area contributed by atoms with Crippen molar-refractivity contribution in [2.45, 2.75) is 33.6 Å². The summed E-state index contributed by atoms with van der Waals surface area (Å²) in [5.74, 6) is 1.12. The van der Waals surface area contributed by atoms with E-state index in [9.17, 15) is 4.79 Å². The molecule has 2 rings (SSSR count). The lowest BCUT2D eigenvalue weighted by atomic mass is 9.97. The van der Waals surface area contributed by atoms with Crippen LogP contribution in [0.5, 0.6) is 0 Å². The molecule has 0 radical (unpaired) electrons. The van der Waals surface area contributed by atoms with Gasteiger partial charge in [-0.25, -0.2) is 9.78 Å². The molecule has 0 amide bonds. The van der Waals surface area contributed by atoms with Crippen molar-refractivity contribution >= 4 is 11.8 Å². The van der Waals surface area contributed by atoms with E-state index in [0.717, 1.165) is 38.3 Å². The van der Waals surface area contributed by atoms with E-state index in [0.29, 0.717) is 11.5 Å². The van der Waals surface area contributed by atoms with Crippen molar-refractivity contribution < 1.29 is 9.63 Å². The maximum Gasteiger partial charge on any atom is 0.330 e. The first-order valence-electron chi connectivity index (χ1n) is 7.96. The molecule has 1 N–H and O–H groups in total. The number of hydroxylamine groups is 2. The van der Waals surface area contributed by atoms with Crippen LogP contribution in [-0.4, -0.2) is 35.7 Å². The van der Waals surface area contributed by atoms with Gasteiger partial charge in [0.25, 0.3) is 0 Å². The van der Waals surface area contributed by atoms with Crippen LogP contribution >= 0.6 is 0 Å². The lowest BCUT2D eigenvalue weighted by molar-refractivity contribution is -0.205. The van der Waals surface area contributed by atoms with Crippen LogP contribution in [0.3, 0.4) is 0 Å². The number of hydrogen-bond acceptors (Lipinski definition) is 6. The Balaban J connectivity index is 1.72. The van der Waals surface area contributed by atoms with Crippen molar-refractivity contribution in [3.63, 3.8) is 0 Å². The summed E-state index contributed by atoms with van der Waals surface area (Å²) in [6, 6.07) is 5.63. The zero-order valence-corrected chi connectivity index (χ0v) is 14.0. The Morgan fingerprint density at radius 2 is 2.13 bits per heavy atom. The minimum atomic E-state index is -0.473. The Hall–Kier alpha value is -2.13. The molecule has 6 heteroatoms. The Bertz CT molecular complexity index is 564. The highest BCUT2D eigenvalue weighted by Crippen LogP contribution is 2.21. The number of pyridine rings is 1. The van der Waals surface area contributed by atoms with Gasteiger partial charge in [-0.3, -0.25) is 0 Å². The Morgan fingerprint density at radius 3 is 2.65 bits per heavy atom. The molecule has 6 nitrogen and oxygen atoms in total. The second-order valence-electron chi connectivity index (χ2n) is 6.93. The van der Waals surface area contributed by atoms with Crippen LogP contribution in [0.2, 0.25) is 0 Å². The third kappa shape index (κ3) is 5.22. The zero-order valence-electron chi connectivity index (χ0n) is 14.0. The van der Waals surface area contributed by atoms with E-state index >= 15 is 0 Å². The van der Waals surface area contributed by atoms with E-state index in [-0.39, 0.29) is 5.97 Å². The summed E-state index contributed by atoms with van der Waals surface area (Å²) < 4.78 is 0. The number of anilines is 1. The molecule has 23 heavy (non-hydrogen) atoms. The highest BCUT2D eigenvalue weighted by Gasteiger charge is 2.28. The van der Waals surface area contributed by atoms with Crippen LogP contribution in [0.4, 0.5) is 5.82 Å². The predicted octanol–water partition coefficient (Wildman–Crippen LogP) is 2.58. The van der Waals surface area contributed by atoms with Gasteiger partial charge in [-0.15, -0.1) is 5.06 Å². The average molecular weight is 316 g/mol. The first-order chi connectivity index (χ1) is 10.9. The number of nitriles is 1. The highest BCUT2D eigenvalue weighted by molar-refractivity contribution is 5.75. The monoisotopic (exact) mass is 316 g/mol. The molecule has 1 aliphatic heterocycles. The van der Waals surface area contributed by atoms with E-state index in [1.807, 2.05) is 26.8 Å². The maximum absolute atomic E-state index is 11.9. The van der Waals surface area contributed by atoms with Crippen molar-refractivity contribution in [3.05, 3.63) is 23.9 Å². The molecule has 2 heterocycles. The molecular weight excluding hydrogens is 292 g/mol. The summed E-state index contributed by atoms with van der Waals surface area (Å²) in [4.78, 5) is 21.5. The van der Waals surface area contributed by atoms with Crippen molar-refractivity contribution in [1.29, 1.82) is 5.26 Å². The number of nitrogens with one attached hydrogen (secondary N) is 1. The third-order valence-electron chi connectivity index (χ3n) is 3.86. The number of aromatic nitrogens is 1. The van der Waals surface area contributed by atoms with Gasteiger partial charge < -0.3 is 10.2 Å². The number of rotatable bonds is 4. The third-order valence-corrected chi connectivity index (χ3v) is 3.86. The lowest BCUT2D eigenvalue weighted by Crippen LogP contribution is -2.40. The van der Waals surface area contributed by atoms with Crippen LogP contribution in [0.15, 0.2) is 18.3 Å². The molecule has 0 unspecified atom stereocenters. The van der Waals surface area contributed by atoms with Gasteiger partial charge in [0.1, 0.15) is 11.9 Å². The number of piperidine rings is 1. The second kappa shape index (κ2) is 7.42. The van der Waals surface area contributed by atoms with Gasteiger partial charge in [0.15, 0.2) is 0 Å². The summed E-state index contributed by atoms with van der Waals surface area (Å²) in [6.45, 7) is 7.92. The molecule has 1 aromatic rings. The average Bonchev–Trinajstić information content (AvgIpc) is 2.54. The SMILES string of the molecule is CC(C)(C)C(=O)ON1CCC(CNc2ccc(C#N)cn2)CC1. The van der Waals surface area contributed by atoms with Crippen LogP contribution < -0.4 is 5.32 Å². The Labute approximate surface area is 137 Å². The fourth-order valence-corrected chi connectivity index (χ4v) is 2.27. The van der Waals surface area contributed by atoms with Gasteiger partial charge in [-0.05, 0) is 51.7 Å². The van der Waals surface area contributed by atoms with Gasteiger partial charge >= 0.3 is 5.97 Å². The quantitative estimate of drug-likeness (QED) is 0.920. The van der Waals surface area contributed by atoms with E-state index in [1.54, 1.807) is 17.3 Å². The highest BCUT2D eigenvalue weighted by atomic mass is 16.7. The first-order valence-corrected chi connectivity index (χ1v) is 7.96. The van der Waals surface area contributed by atoms with Gasteiger partial charge in [-0.1, -0.05) is 0 Å². The largest absolute Gasteiger partial charge is 0.370 e. The van der Waals surface area contributed by atoms with E-state index in [4.69, 9.17) is 10.1 Å². The first kappa shape index (κ1) is 17.2. The molecule has 0 aliphatic carbocycles. The molecule has 1 aromatic heterocycles. The van der Waals surface area contributed by atoms with Gasteiger partial charge in [0.05, 0.1) is 11.0 Å². The van der Waals surface area contributed by atoms with Gasteiger partial charge in [0, 0.05) is 25.8 Å². The lowest BCUT2D eigenvalue weighted by Gasteiger charge is -2.32. The van der Waals surface area contributed by atoms with Gasteiger partial charge in [-0.2, -0.15) is 5.26 Å². The molecule has 0 aromatic carbocycles. The second-order valence-corrected chi connectivity index (χ2v) is 6.93. The van der Waals surface area contributed by atoms with Crippen LogP contribution in [0.25, 0.3) is 0 Å². The molecule has 1 aliphatic rings. The van der Waals surface area contributed by atoms with Crippen LogP contribution in [-0.2, 0) is 9.63 Å².